The topological polar surface area (TPSA) is 13.1 Å². The van der Waals surface area contributed by atoms with Gasteiger partial charge in [-0.15, -0.1) is 12.3 Å². The van der Waals surface area contributed by atoms with Gasteiger partial charge in [-0.1, -0.05) is 0 Å². The van der Waals surface area contributed by atoms with Gasteiger partial charge in [0.25, 0.3) is 0 Å². The summed E-state index contributed by atoms with van der Waals surface area (Å²) in [5.74, 6) is 5.74. The number of hydrogen-bond donors (Lipinski definition) is 0. The standard InChI is InChI=1S/C10H12OS/c1-2-3-4-8-12-9-10-6-5-7-11-10/h1,5-7H,3-4,8-9H2. The number of furan rings is 1. The zero-order chi connectivity index (χ0) is 8.65. The molecule has 64 valence electrons. The van der Waals surface area contributed by atoms with Crippen molar-refractivity contribution in [1.82, 2.24) is 0 Å². The summed E-state index contributed by atoms with van der Waals surface area (Å²) in [5.41, 5.74) is 0. The molecule has 1 rings (SSSR count). The summed E-state index contributed by atoms with van der Waals surface area (Å²) < 4.78 is 5.18. The molecule has 0 fully saturated rings. The lowest BCUT2D eigenvalue weighted by molar-refractivity contribution is 0.530. The van der Waals surface area contributed by atoms with Crippen molar-refractivity contribution in [2.24, 2.45) is 0 Å². The van der Waals surface area contributed by atoms with Crippen molar-refractivity contribution >= 4 is 11.8 Å². The first-order valence-electron chi connectivity index (χ1n) is 3.97. The number of hydrogen-bond acceptors (Lipinski definition) is 2. The van der Waals surface area contributed by atoms with Crippen LogP contribution in [-0.2, 0) is 5.75 Å². The predicted octanol–water partition coefficient (Wildman–Crippen LogP) is 2.93. The van der Waals surface area contributed by atoms with E-state index in [9.17, 15) is 0 Å². The van der Waals surface area contributed by atoms with Gasteiger partial charge in [-0.05, 0) is 24.3 Å². The average Bonchev–Trinajstić information content (AvgIpc) is 2.57. The number of unbranched alkanes of at least 4 members (excludes halogenated alkanes) is 1. The highest BCUT2D eigenvalue weighted by Gasteiger charge is 1.94. The third-order valence-electron chi connectivity index (χ3n) is 1.43. The summed E-state index contributed by atoms with van der Waals surface area (Å²) in [6.07, 6.45) is 8.81. The molecule has 0 unspecified atom stereocenters. The van der Waals surface area contributed by atoms with Gasteiger partial charge in [0, 0.05) is 6.42 Å². The Morgan fingerprint density at radius 1 is 1.58 bits per heavy atom. The highest BCUT2D eigenvalue weighted by atomic mass is 32.2. The Morgan fingerprint density at radius 2 is 2.50 bits per heavy atom. The molecular weight excluding hydrogens is 168 g/mol. The fraction of sp³-hybridized carbons (Fsp3) is 0.400. The fourth-order valence-corrected chi connectivity index (χ4v) is 1.70. The second-order valence-electron chi connectivity index (χ2n) is 2.44. The minimum atomic E-state index is 0.880. The minimum Gasteiger partial charge on any atom is -0.468 e. The van der Waals surface area contributed by atoms with Crippen LogP contribution >= 0.6 is 11.8 Å². The highest BCUT2D eigenvalue weighted by Crippen LogP contribution is 2.13. The van der Waals surface area contributed by atoms with Gasteiger partial charge < -0.3 is 4.42 Å². The first-order chi connectivity index (χ1) is 5.93. The Morgan fingerprint density at radius 3 is 3.17 bits per heavy atom. The molecule has 1 aromatic heterocycles. The third-order valence-corrected chi connectivity index (χ3v) is 2.50. The Bertz CT molecular complexity index is 233. The maximum atomic E-state index is 5.18. The molecule has 0 bridgehead atoms. The first-order valence-corrected chi connectivity index (χ1v) is 5.12. The van der Waals surface area contributed by atoms with Crippen LogP contribution < -0.4 is 0 Å². The van der Waals surface area contributed by atoms with Crippen molar-refractivity contribution in [2.45, 2.75) is 18.6 Å². The van der Waals surface area contributed by atoms with E-state index in [1.165, 1.54) is 0 Å². The summed E-state index contributed by atoms with van der Waals surface area (Å²) in [5, 5.41) is 0. The molecule has 0 spiro atoms. The lowest BCUT2D eigenvalue weighted by Crippen LogP contribution is -1.80. The molecule has 0 radical (unpaired) electrons. The van der Waals surface area contributed by atoms with Gasteiger partial charge in [-0.25, -0.2) is 0 Å². The zero-order valence-electron chi connectivity index (χ0n) is 6.95. The summed E-state index contributed by atoms with van der Waals surface area (Å²) in [6.45, 7) is 0. The largest absolute Gasteiger partial charge is 0.468 e. The normalized spacial score (nSPS) is 9.58. The van der Waals surface area contributed by atoms with Gasteiger partial charge in [-0.2, -0.15) is 11.8 Å². The predicted molar refractivity (Wildman–Crippen MR) is 52.9 cm³/mol. The van der Waals surface area contributed by atoms with E-state index < -0.39 is 0 Å². The van der Waals surface area contributed by atoms with Gasteiger partial charge in [0.1, 0.15) is 5.76 Å². The summed E-state index contributed by atoms with van der Waals surface area (Å²) in [6, 6.07) is 3.91. The van der Waals surface area contributed by atoms with Crippen LogP contribution in [0, 0.1) is 12.3 Å². The molecule has 0 aliphatic rings. The molecule has 0 saturated heterocycles. The lowest BCUT2D eigenvalue weighted by Gasteiger charge is -1.95. The lowest BCUT2D eigenvalue weighted by atomic mass is 10.4. The Balaban J connectivity index is 2.01. The molecule has 0 aliphatic heterocycles. The molecule has 0 saturated carbocycles. The Hall–Kier alpha value is -0.810. The van der Waals surface area contributed by atoms with Gasteiger partial charge in [-0.3, -0.25) is 0 Å². The second-order valence-corrected chi connectivity index (χ2v) is 3.54. The van der Waals surface area contributed by atoms with Crippen LogP contribution in [0.5, 0.6) is 0 Å². The van der Waals surface area contributed by atoms with Crippen LogP contribution in [0.25, 0.3) is 0 Å². The molecule has 0 aliphatic carbocycles. The molecule has 0 amide bonds. The van der Waals surface area contributed by atoms with E-state index in [4.69, 9.17) is 10.8 Å². The monoisotopic (exact) mass is 180 g/mol. The van der Waals surface area contributed by atoms with Crippen molar-refractivity contribution < 1.29 is 4.42 Å². The van der Waals surface area contributed by atoms with Crippen molar-refractivity contribution in [2.75, 3.05) is 5.75 Å². The van der Waals surface area contributed by atoms with Crippen molar-refractivity contribution in [1.29, 1.82) is 0 Å². The van der Waals surface area contributed by atoms with E-state index in [0.29, 0.717) is 0 Å². The second kappa shape index (κ2) is 5.79. The SMILES string of the molecule is C#CCCCSCc1ccco1. The van der Waals surface area contributed by atoms with Crippen LogP contribution in [0.3, 0.4) is 0 Å². The van der Waals surface area contributed by atoms with E-state index in [0.717, 1.165) is 30.1 Å². The minimum absolute atomic E-state index is 0.880. The Kier molecular flexibility index (Phi) is 4.48. The number of terminal acetylenes is 1. The maximum Gasteiger partial charge on any atom is 0.113 e. The Labute approximate surface area is 77.5 Å². The molecule has 1 heterocycles. The molecular formula is C10H12OS. The smallest absolute Gasteiger partial charge is 0.113 e. The summed E-state index contributed by atoms with van der Waals surface area (Å²) in [4.78, 5) is 0. The maximum absolute atomic E-state index is 5.18. The molecule has 0 aromatic carbocycles. The van der Waals surface area contributed by atoms with Crippen molar-refractivity contribution in [3.05, 3.63) is 24.2 Å². The quantitative estimate of drug-likeness (QED) is 0.510. The molecule has 12 heavy (non-hydrogen) atoms. The van der Waals surface area contributed by atoms with Gasteiger partial charge in [0.2, 0.25) is 0 Å². The van der Waals surface area contributed by atoms with Gasteiger partial charge in [0.15, 0.2) is 0 Å². The highest BCUT2D eigenvalue weighted by molar-refractivity contribution is 7.98. The first kappa shape index (κ1) is 9.28. The van der Waals surface area contributed by atoms with E-state index in [1.54, 1.807) is 6.26 Å². The summed E-state index contributed by atoms with van der Waals surface area (Å²) >= 11 is 1.86. The van der Waals surface area contributed by atoms with Crippen LogP contribution in [0.2, 0.25) is 0 Å². The van der Waals surface area contributed by atoms with Crippen molar-refractivity contribution in [3.63, 3.8) is 0 Å². The number of thioether (sulfide) groups is 1. The van der Waals surface area contributed by atoms with Crippen LogP contribution in [0.4, 0.5) is 0 Å². The van der Waals surface area contributed by atoms with Gasteiger partial charge >= 0.3 is 0 Å². The van der Waals surface area contributed by atoms with Crippen LogP contribution in [-0.4, -0.2) is 5.75 Å². The fourth-order valence-electron chi connectivity index (χ4n) is 0.844. The van der Waals surface area contributed by atoms with E-state index in [2.05, 4.69) is 5.92 Å². The van der Waals surface area contributed by atoms with Crippen molar-refractivity contribution in [3.8, 4) is 12.3 Å². The van der Waals surface area contributed by atoms with Gasteiger partial charge in [0.05, 0.1) is 12.0 Å². The molecule has 2 heteroatoms. The molecule has 1 nitrogen and oxygen atoms in total. The van der Waals surface area contributed by atoms with E-state index >= 15 is 0 Å². The van der Waals surface area contributed by atoms with Crippen LogP contribution in [0.15, 0.2) is 22.8 Å². The van der Waals surface area contributed by atoms with Crippen LogP contribution in [0.1, 0.15) is 18.6 Å². The average molecular weight is 180 g/mol. The molecule has 0 N–H and O–H groups in total. The molecule has 0 atom stereocenters. The molecule has 1 aromatic rings. The van der Waals surface area contributed by atoms with E-state index in [-0.39, 0.29) is 0 Å². The number of rotatable bonds is 5. The third kappa shape index (κ3) is 3.54. The van der Waals surface area contributed by atoms with E-state index in [1.807, 2.05) is 23.9 Å². The zero-order valence-corrected chi connectivity index (χ0v) is 7.77. The summed E-state index contributed by atoms with van der Waals surface area (Å²) in [7, 11) is 0.